The molecule has 0 aliphatic carbocycles. The van der Waals surface area contributed by atoms with E-state index >= 15 is 0 Å². The Balaban J connectivity index is 1.51. The van der Waals surface area contributed by atoms with Gasteiger partial charge >= 0.3 is 5.97 Å². The molecule has 3 aromatic carbocycles. The summed E-state index contributed by atoms with van der Waals surface area (Å²) in [6, 6.07) is 22.9. The van der Waals surface area contributed by atoms with E-state index in [9.17, 15) is 9.59 Å². The van der Waals surface area contributed by atoms with Gasteiger partial charge in [-0.05, 0) is 48.0 Å². The lowest BCUT2D eigenvalue weighted by Crippen LogP contribution is -2.46. The minimum Gasteiger partial charge on any atom is -0.465 e. The number of carbonyl (C=O) groups excluding carboxylic acids is 2. The Labute approximate surface area is 202 Å². The summed E-state index contributed by atoms with van der Waals surface area (Å²) in [5, 5.41) is 3.00. The summed E-state index contributed by atoms with van der Waals surface area (Å²) in [5.41, 5.74) is 3.74. The van der Waals surface area contributed by atoms with Gasteiger partial charge in [0.2, 0.25) is 0 Å². The Morgan fingerprint density at radius 2 is 1.58 bits per heavy atom. The van der Waals surface area contributed by atoms with Crippen molar-refractivity contribution >= 4 is 39.2 Å². The SMILES string of the molecule is COC(=O)c1ccc(N2CCN(Cc3ccccc3)CC2)c(NC(=O)c2ccc(Br)cc2)c1. The molecule has 0 atom stereocenters. The molecule has 0 aromatic heterocycles. The Morgan fingerprint density at radius 1 is 0.909 bits per heavy atom. The first kappa shape index (κ1) is 23.0. The Morgan fingerprint density at radius 3 is 2.24 bits per heavy atom. The lowest BCUT2D eigenvalue weighted by Gasteiger charge is -2.37. The number of hydrogen-bond acceptors (Lipinski definition) is 5. The number of methoxy groups -OCH3 is 1. The van der Waals surface area contributed by atoms with E-state index in [2.05, 4.69) is 55.3 Å². The predicted octanol–water partition coefficient (Wildman–Crippen LogP) is 4.81. The molecular formula is C26H26BrN3O3. The quantitative estimate of drug-likeness (QED) is 0.485. The summed E-state index contributed by atoms with van der Waals surface area (Å²) >= 11 is 3.39. The highest BCUT2D eigenvalue weighted by molar-refractivity contribution is 9.10. The van der Waals surface area contributed by atoms with Gasteiger partial charge in [0.1, 0.15) is 0 Å². The van der Waals surface area contributed by atoms with Gasteiger partial charge in [0.15, 0.2) is 0 Å². The highest BCUT2D eigenvalue weighted by atomic mass is 79.9. The second-order valence-corrected chi connectivity index (χ2v) is 8.85. The summed E-state index contributed by atoms with van der Waals surface area (Å²) in [5.74, 6) is -0.665. The second kappa shape index (κ2) is 10.6. The smallest absolute Gasteiger partial charge is 0.337 e. The molecule has 1 amide bonds. The molecule has 7 heteroatoms. The van der Waals surface area contributed by atoms with E-state index in [0.29, 0.717) is 16.8 Å². The third kappa shape index (κ3) is 5.80. The number of halogens is 1. The van der Waals surface area contributed by atoms with Crippen molar-refractivity contribution < 1.29 is 14.3 Å². The number of carbonyl (C=O) groups is 2. The van der Waals surface area contributed by atoms with E-state index in [-0.39, 0.29) is 5.91 Å². The first-order chi connectivity index (χ1) is 16.0. The van der Waals surface area contributed by atoms with Crippen LogP contribution in [0.25, 0.3) is 0 Å². The van der Waals surface area contributed by atoms with Crippen LogP contribution in [0.15, 0.2) is 77.3 Å². The summed E-state index contributed by atoms with van der Waals surface area (Å²) in [7, 11) is 1.35. The van der Waals surface area contributed by atoms with Gasteiger partial charge in [0.25, 0.3) is 5.91 Å². The summed E-state index contributed by atoms with van der Waals surface area (Å²) in [6.07, 6.45) is 0. The summed E-state index contributed by atoms with van der Waals surface area (Å²) in [4.78, 5) is 29.7. The van der Waals surface area contributed by atoms with Crippen molar-refractivity contribution in [2.24, 2.45) is 0 Å². The van der Waals surface area contributed by atoms with Crippen molar-refractivity contribution in [3.05, 3.63) is 94.0 Å². The third-order valence-corrected chi connectivity index (χ3v) is 6.26. The lowest BCUT2D eigenvalue weighted by atomic mass is 10.1. The Kier molecular flexibility index (Phi) is 7.42. The van der Waals surface area contributed by atoms with Crippen LogP contribution in [0.5, 0.6) is 0 Å². The molecule has 0 unspecified atom stereocenters. The third-order valence-electron chi connectivity index (χ3n) is 5.73. The zero-order valence-electron chi connectivity index (χ0n) is 18.5. The molecule has 1 N–H and O–H groups in total. The number of rotatable bonds is 6. The molecule has 0 bridgehead atoms. The topological polar surface area (TPSA) is 61.9 Å². The molecule has 1 aliphatic heterocycles. The summed E-state index contributed by atoms with van der Waals surface area (Å²) in [6.45, 7) is 4.39. The maximum Gasteiger partial charge on any atom is 0.337 e. The van der Waals surface area contributed by atoms with Crippen LogP contribution in [0.4, 0.5) is 11.4 Å². The minimum atomic E-state index is -0.437. The van der Waals surface area contributed by atoms with Crippen LogP contribution < -0.4 is 10.2 Å². The van der Waals surface area contributed by atoms with Gasteiger partial charge in [0, 0.05) is 42.8 Å². The standard InChI is InChI=1S/C26H26BrN3O3/c1-33-26(32)21-9-12-24(23(17-21)28-25(31)20-7-10-22(27)11-8-20)30-15-13-29(14-16-30)18-19-5-3-2-4-6-19/h2-12,17H,13-16,18H2,1H3,(H,28,31). The van der Waals surface area contributed by atoms with Crippen molar-refractivity contribution in [2.45, 2.75) is 6.54 Å². The average molecular weight is 508 g/mol. The number of anilines is 2. The maximum absolute atomic E-state index is 12.9. The molecule has 1 aliphatic rings. The van der Waals surface area contributed by atoms with Crippen molar-refractivity contribution in [1.82, 2.24) is 4.90 Å². The van der Waals surface area contributed by atoms with E-state index in [1.54, 1.807) is 24.3 Å². The second-order valence-electron chi connectivity index (χ2n) is 7.93. The highest BCUT2D eigenvalue weighted by Gasteiger charge is 2.22. The Bertz CT molecular complexity index is 1110. The molecule has 33 heavy (non-hydrogen) atoms. The van der Waals surface area contributed by atoms with Crippen LogP contribution in [0, 0.1) is 0 Å². The number of hydrogen-bond donors (Lipinski definition) is 1. The number of nitrogens with zero attached hydrogens (tertiary/aromatic N) is 2. The molecule has 4 rings (SSSR count). The van der Waals surface area contributed by atoms with Crippen LogP contribution in [0.2, 0.25) is 0 Å². The van der Waals surface area contributed by atoms with Gasteiger partial charge in [0.05, 0.1) is 24.0 Å². The maximum atomic E-state index is 12.9. The fourth-order valence-electron chi connectivity index (χ4n) is 3.94. The number of ether oxygens (including phenoxy) is 1. The van der Waals surface area contributed by atoms with Gasteiger partial charge in [-0.15, -0.1) is 0 Å². The number of esters is 1. The lowest BCUT2D eigenvalue weighted by molar-refractivity contribution is 0.0600. The molecular weight excluding hydrogens is 482 g/mol. The van der Waals surface area contributed by atoms with Gasteiger partial charge in [-0.3, -0.25) is 9.69 Å². The van der Waals surface area contributed by atoms with Crippen LogP contribution in [-0.2, 0) is 11.3 Å². The van der Waals surface area contributed by atoms with Crippen LogP contribution >= 0.6 is 15.9 Å². The molecule has 0 spiro atoms. The van der Waals surface area contributed by atoms with E-state index in [4.69, 9.17) is 4.74 Å². The number of piperazine rings is 1. The van der Waals surface area contributed by atoms with Crippen molar-refractivity contribution in [3.63, 3.8) is 0 Å². The monoisotopic (exact) mass is 507 g/mol. The van der Waals surface area contributed by atoms with Gasteiger partial charge < -0.3 is 15.0 Å². The zero-order valence-corrected chi connectivity index (χ0v) is 20.0. The molecule has 1 heterocycles. The van der Waals surface area contributed by atoms with Gasteiger partial charge in [-0.1, -0.05) is 46.3 Å². The van der Waals surface area contributed by atoms with Gasteiger partial charge in [-0.25, -0.2) is 4.79 Å². The van der Waals surface area contributed by atoms with Crippen molar-refractivity contribution in [1.29, 1.82) is 0 Å². The zero-order chi connectivity index (χ0) is 23.2. The highest BCUT2D eigenvalue weighted by Crippen LogP contribution is 2.29. The average Bonchev–Trinajstić information content (AvgIpc) is 2.85. The van der Waals surface area contributed by atoms with E-state index in [1.807, 2.05) is 24.3 Å². The molecule has 1 saturated heterocycles. The van der Waals surface area contributed by atoms with E-state index in [0.717, 1.165) is 42.9 Å². The summed E-state index contributed by atoms with van der Waals surface area (Å²) < 4.78 is 5.78. The fourth-order valence-corrected chi connectivity index (χ4v) is 4.21. The van der Waals surface area contributed by atoms with Crippen molar-refractivity contribution in [3.8, 4) is 0 Å². The minimum absolute atomic E-state index is 0.228. The number of amides is 1. The number of benzene rings is 3. The number of nitrogens with one attached hydrogen (secondary N) is 1. The van der Waals surface area contributed by atoms with Crippen LogP contribution in [0.1, 0.15) is 26.3 Å². The van der Waals surface area contributed by atoms with Crippen molar-refractivity contribution in [2.75, 3.05) is 43.5 Å². The van der Waals surface area contributed by atoms with E-state index < -0.39 is 5.97 Å². The fraction of sp³-hybridized carbons (Fsp3) is 0.231. The van der Waals surface area contributed by atoms with E-state index in [1.165, 1.54) is 12.7 Å². The molecule has 0 saturated carbocycles. The predicted molar refractivity (Wildman–Crippen MR) is 134 cm³/mol. The normalized spacial score (nSPS) is 14.1. The molecule has 170 valence electrons. The first-order valence-electron chi connectivity index (χ1n) is 10.8. The van der Waals surface area contributed by atoms with Gasteiger partial charge in [-0.2, -0.15) is 0 Å². The Hall–Kier alpha value is -3.16. The molecule has 0 radical (unpaired) electrons. The van der Waals surface area contributed by atoms with Crippen LogP contribution in [-0.4, -0.2) is 50.1 Å². The molecule has 3 aromatic rings. The molecule has 1 fully saturated rings. The van der Waals surface area contributed by atoms with Crippen LogP contribution in [0.3, 0.4) is 0 Å². The molecule has 6 nitrogen and oxygen atoms in total. The first-order valence-corrected chi connectivity index (χ1v) is 11.6. The largest absolute Gasteiger partial charge is 0.465 e.